The number of rotatable bonds is 3. The molecule has 6 nitrogen and oxygen atoms in total. The van der Waals surface area contributed by atoms with Crippen molar-refractivity contribution in [1.29, 1.82) is 0 Å². The van der Waals surface area contributed by atoms with Gasteiger partial charge in [-0.25, -0.2) is 0 Å². The summed E-state index contributed by atoms with van der Waals surface area (Å²) in [5.74, 6) is 1.13. The van der Waals surface area contributed by atoms with E-state index in [9.17, 15) is 21.6 Å². The molecule has 0 radical (unpaired) electrons. The number of ether oxygens (including phenoxy) is 2. The minimum atomic E-state index is -5.75. The van der Waals surface area contributed by atoms with E-state index < -0.39 is 21.4 Å². The van der Waals surface area contributed by atoms with Gasteiger partial charge in [0, 0.05) is 0 Å². The number of benzene rings is 2. The van der Waals surface area contributed by atoms with Gasteiger partial charge in [0.1, 0.15) is 0 Å². The molecule has 28 heavy (non-hydrogen) atoms. The van der Waals surface area contributed by atoms with Crippen LogP contribution in [0.2, 0.25) is 0 Å². The van der Waals surface area contributed by atoms with Gasteiger partial charge in [-0.15, -0.1) is 0 Å². The summed E-state index contributed by atoms with van der Waals surface area (Å²) in [6, 6.07) is 9.22. The molecule has 0 saturated carbocycles. The minimum absolute atomic E-state index is 0.164. The molecule has 2 aromatic carbocycles. The fourth-order valence-corrected chi connectivity index (χ4v) is 4.02. The molecule has 0 amide bonds. The Morgan fingerprint density at radius 2 is 1.39 bits per heavy atom. The number of halogens is 3. The Labute approximate surface area is 174 Å². The molecule has 0 spiro atoms. The summed E-state index contributed by atoms with van der Waals surface area (Å²) in [4.78, 5) is 0. The molecule has 0 fully saturated rings. The van der Waals surface area contributed by atoms with E-state index in [-0.39, 0.29) is 19.0 Å². The van der Waals surface area contributed by atoms with Gasteiger partial charge in [0.2, 0.25) is 0 Å². The molecule has 2 aromatic rings. The van der Waals surface area contributed by atoms with E-state index >= 15 is 0 Å². The van der Waals surface area contributed by atoms with Crippen LogP contribution in [-0.4, -0.2) is 53.4 Å². The van der Waals surface area contributed by atoms with Crippen LogP contribution in [0.3, 0.4) is 0 Å². The molecule has 11 heteroatoms. The van der Waals surface area contributed by atoms with E-state index in [0.29, 0.717) is 37.5 Å². The fraction of sp³-hybridized carbons (Fsp3) is 0.176. The Kier molecular flexibility index (Phi) is 4.72. The molecule has 4 rings (SSSR count). The summed E-state index contributed by atoms with van der Waals surface area (Å²) in [7, 11) is -5.75. The smallest absolute Gasteiger partial charge is 0.154 e. The number of fused-ring (bicyclic) bond motifs is 4. The third kappa shape index (κ3) is 3.32. The summed E-state index contributed by atoms with van der Waals surface area (Å²) in [5.41, 5.74) is -2.34. The van der Waals surface area contributed by atoms with Crippen LogP contribution < -0.4 is 16.3 Å². The Hall–Kier alpha value is -1.96. The molecule has 0 aromatic heterocycles. The summed E-state index contributed by atoms with van der Waals surface area (Å²) >= 11 is 0.351. The molecule has 0 unspecified atom stereocenters. The minimum Gasteiger partial charge on any atom is -0.154 e. The van der Waals surface area contributed by atoms with Gasteiger partial charge in [0.15, 0.2) is 0 Å². The van der Waals surface area contributed by atoms with Crippen molar-refractivity contribution < 1.29 is 37.9 Å². The number of hydrogen-bond acceptors (Lipinski definition) is 6. The van der Waals surface area contributed by atoms with Crippen LogP contribution in [0.25, 0.3) is 11.1 Å². The van der Waals surface area contributed by atoms with Crippen molar-refractivity contribution in [2.24, 2.45) is 0 Å². The van der Waals surface area contributed by atoms with Gasteiger partial charge in [0.25, 0.3) is 0 Å². The second-order valence-electron chi connectivity index (χ2n) is 5.95. The van der Waals surface area contributed by atoms with Crippen molar-refractivity contribution in [2.75, 3.05) is 13.2 Å². The Bertz CT molecular complexity index is 1090. The monoisotopic (exact) mass is 604 g/mol. The quantitative estimate of drug-likeness (QED) is 0.305. The molecule has 2 aliphatic rings. The van der Waals surface area contributed by atoms with Gasteiger partial charge in [-0.2, -0.15) is 21.6 Å². The van der Waals surface area contributed by atoms with Crippen molar-refractivity contribution >= 4 is 47.5 Å². The fourth-order valence-electron chi connectivity index (χ4n) is 3.00. The van der Waals surface area contributed by atoms with Crippen LogP contribution in [0.15, 0.2) is 36.4 Å². The van der Waals surface area contributed by atoms with Crippen molar-refractivity contribution in [3.05, 3.63) is 47.5 Å². The van der Waals surface area contributed by atoms with Crippen LogP contribution in [-0.2, 0) is 10.1 Å². The van der Waals surface area contributed by atoms with E-state index in [2.05, 4.69) is 4.18 Å². The first-order chi connectivity index (χ1) is 13.2. The summed E-state index contributed by atoms with van der Waals surface area (Å²) in [6.07, 6.45) is 0. The predicted octanol–water partition coefficient (Wildman–Crippen LogP) is 3.07. The molecule has 0 N–H and O–H groups in total. The maximum atomic E-state index is 12.5. The Morgan fingerprint density at radius 1 is 0.893 bits per heavy atom. The van der Waals surface area contributed by atoms with E-state index in [1.54, 1.807) is 6.07 Å². The number of alkyl halides is 3. The van der Waals surface area contributed by atoms with Gasteiger partial charge in [-0.3, -0.25) is 0 Å². The average Bonchev–Trinajstić information content (AvgIpc) is 2.65. The van der Waals surface area contributed by atoms with Crippen molar-refractivity contribution in [2.45, 2.75) is 5.51 Å². The maximum absolute atomic E-state index is 12.5. The second kappa shape index (κ2) is 6.83. The molecule has 0 bridgehead atoms. The normalized spacial score (nSPS) is 15.5. The summed E-state index contributed by atoms with van der Waals surface area (Å²) in [6.45, 7) is 0.406. The van der Waals surface area contributed by atoms with E-state index in [1.807, 2.05) is 12.1 Å². The van der Waals surface area contributed by atoms with Gasteiger partial charge in [-0.05, 0) is 0 Å². The summed E-state index contributed by atoms with van der Waals surface area (Å²) in [5, 5.41) is 0. The van der Waals surface area contributed by atoms with Gasteiger partial charge >= 0.3 is 153 Å². The Morgan fingerprint density at radius 3 is 1.89 bits per heavy atom. The van der Waals surface area contributed by atoms with Crippen molar-refractivity contribution in [3.8, 4) is 23.0 Å². The average molecular weight is 604 g/mol. The zero-order valence-electron chi connectivity index (χ0n) is 13.9. The third-order valence-electron chi connectivity index (χ3n) is 4.29. The molecular weight excluding hydrogens is 594 g/mol. The molecule has 2 aliphatic heterocycles. The standard InChI is InChI=1S/C17H11F3O6S.Tl/c18-17(19,20)27(22,23)26-10-2-4-12-14-7-24-15-5-9(21)1-3-11(15)13(14)8-25-16(12)6-10;/h1-6,21H,7-8H2;/q;+1/p-1. The summed E-state index contributed by atoms with van der Waals surface area (Å²) < 4.78 is 80.8. The SMILES string of the molecule is O=S(=O)(Oc1ccc2c(c1)OCC1=C2COc2cc([O][Tl])ccc21)C(F)(F)F. The van der Waals surface area contributed by atoms with E-state index in [4.69, 9.17) is 12.2 Å². The molecule has 0 aliphatic carbocycles. The first-order valence-electron chi connectivity index (χ1n) is 7.83. The van der Waals surface area contributed by atoms with E-state index in [1.165, 1.54) is 6.07 Å². The molecular formula is C17H10F3O6STl. The third-order valence-corrected chi connectivity index (χ3v) is 6.33. The second-order valence-corrected chi connectivity index (χ2v) is 8.41. The topological polar surface area (TPSA) is 71.1 Å². The maximum Gasteiger partial charge on any atom is 0.534 e. The van der Waals surface area contributed by atoms with Gasteiger partial charge in [-0.1, -0.05) is 0 Å². The first-order valence-corrected chi connectivity index (χ1v) is 11.1. The van der Waals surface area contributed by atoms with Crippen molar-refractivity contribution in [1.82, 2.24) is 0 Å². The van der Waals surface area contributed by atoms with Crippen molar-refractivity contribution in [3.63, 3.8) is 0 Å². The van der Waals surface area contributed by atoms with Crippen LogP contribution in [0.1, 0.15) is 11.1 Å². The van der Waals surface area contributed by atoms with E-state index in [0.717, 1.165) is 34.6 Å². The first kappa shape index (κ1) is 19.4. The van der Waals surface area contributed by atoms with Crippen LogP contribution in [0, 0.1) is 0 Å². The molecule has 144 valence electrons. The van der Waals surface area contributed by atoms with Crippen LogP contribution in [0.5, 0.6) is 23.0 Å². The van der Waals surface area contributed by atoms with Gasteiger partial charge < -0.3 is 0 Å². The van der Waals surface area contributed by atoms with Crippen LogP contribution >= 0.6 is 0 Å². The molecule has 2 heterocycles. The molecule has 0 atom stereocenters. The largest absolute Gasteiger partial charge is 0.534 e. The zero-order chi connectivity index (χ0) is 20.1. The van der Waals surface area contributed by atoms with Crippen LogP contribution in [0.4, 0.5) is 13.2 Å². The Balaban J connectivity index is 1.70. The molecule has 0 saturated heterocycles. The number of hydrogen-bond donors (Lipinski definition) is 0. The van der Waals surface area contributed by atoms with Gasteiger partial charge in [0.05, 0.1) is 0 Å². The predicted molar refractivity (Wildman–Crippen MR) is 92.7 cm³/mol. The zero-order valence-corrected chi connectivity index (χ0v) is 19.3.